The molecule has 3 heteroatoms. The minimum atomic E-state index is -0.753. The van der Waals surface area contributed by atoms with E-state index < -0.39 is 11.6 Å². The molecule has 1 nitrogen and oxygen atoms in total. The number of rotatable bonds is 3. The Balaban J connectivity index is 2.24. The van der Waals surface area contributed by atoms with E-state index in [9.17, 15) is 8.78 Å². The van der Waals surface area contributed by atoms with E-state index in [2.05, 4.69) is 5.32 Å². The summed E-state index contributed by atoms with van der Waals surface area (Å²) in [6.07, 6.45) is 4.44. The van der Waals surface area contributed by atoms with Gasteiger partial charge in [0.1, 0.15) is 0 Å². The highest BCUT2D eigenvalue weighted by Crippen LogP contribution is 2.28. The zero-order chi connectivity index (χ0) is 12.4. The van der Waals surface area contributed by atoms with E-state index in [1.54, 1.807) is 6.07 Å². The van der Waals surface area contributed by atoms with Crippen molar-refractivity contribution in [2.45, 2.75) is 51.5 Å². The molecule has 1 aliphatic rings. The summed E-state index contributed by atoms with van der Waals surface area (Å²) in [6.45, 7) is 3.96. The van der Waals surface area contributed by atoms with Gasteiger partial charge in [0, 0.05) is 6.04 Å². The van der Waals surface area contributed by atoms with Gasteiger partial charge in [0.15, 0.2) is 11.6 Å². The number of halogens is 2. The lowest BCUT2D eigenvalue weighted by molar-refractivity contribution is 0.507. The molecular formula is C14H19F2N. The Hall–Kier alpha value is -1.12. The molecule has 0 aromatic heterocycles. The van der Waals surface area contributed by atoms with E-state index in [4.69, 9.17) is 0 Å². The predicted molar refractivity (Wildman–Crippen MR) is 66.3 cm³/mol. The molecule has 0 amide bonds. The van der Waals surface area contributed by atoms with Crippen molar-refractivity contribution < 1.29 is 8.78 Å². The first kappa shape index (κ1) is 12.3. The summed E-state index contributed by atoms with van der Waals surface area (Å²) in [4.78, 5) is 0. The monoisotopic (exact) mass is 239 g/mol. The van der Waals surface area contributed by atoms with Gasteiger partial charge in [0.05, 0.1) is 5.69 Å². The molecule has 0 atom stereocenters. The summed E-state index contributed by atoms with van der Waals surface area (Å²) in [5.41, 5.74) is 1.16. The first-order valence-electron chi connectivity index (χ1n) is 6.33. The molecule has 17 heavy (non-hydrogen) atoms. The first-order chi connectivity index (χ1) is 8.08. The molecule has 0 aliphatic heterocycles. The molecule has 0 radical (unpaired) electrons. The lowest BCUT2D eigenvalue weighted by Gasteiger charge is -2.16. The highest BCUT2D eigenvalue weighted by Gasteiger charge is 2.18. The Morgan fingerprint density at radius 3 is 2.41 bits per heavy atom. The van der Waals surface area contributed by atoms with E-state index in [-0.39, 0.29) is 5.92 Å². The van der Waals surface area contributed by atoms with Crippen LogP contribution in [0.4, 0.5) is 14.5 Å². The number of hydrogen-bond donors (Lipinski definition) is 1. The normalized spacial score (nSPS) is 16.8. The SMILES string of the molecule is CC(C)c1cc(F)c(F)c(NC2CCCC2)c1. The van der Waals surface area contributed by atoms with Gasteiger partial charge in [-0.1, -0.05) is 26.7 Å². The minimum Gasteiger partial charge on any atom is -0.380 e. The van der Waals surface area contributed by atoms with Gasteiger partial charge in [0.25, 0.3) is 0 Å². The van der Waals surface area contributed by atoms with Crippen molar-refractivity contribution in [3.05, 3.63) is 29.3 Å². The number of anilines is 1. The summed E-state index contributed by atoms with van der Waals surface area (Å²) >= 11 is 0. The predicted octanol–water partition coefficient (Wildman–Crippen LogP) is 4.44. The Bertz CT molecular complexity index is 395. The van der Waals surface area contributed by atoms with Crippen molar-refractivity contribution in [3.8, 4) is 0 Å². The molecule has 2 rings (SSSR count). The first-order valence-corrected chi connectivity index (χ1v) is 6.33. The maximum Gasteiger partial charge on any atom is 0.181 e. The molecule has 94 valence electrons. The van der Waals surface area contributed by atoms with Gasteiger partial charge in [-0.25, -0.2) is 8.78 Å². The maximum absolute atomic E-state index is 13.7. The van der Waals surface area contributed by atoms with Crippen molar-refractivity contribution in [1.82, 2.24) is 0 Å². The molecular weight excluding hydrogens is 220 g/mol. The lowest BCUT2D eigenvalue weighted by Crippen LogP contribution is -2.16. The van der Waals surface area contributed by atoms with Crippen LogP contribution in [-0.2, 0) is 0 Å². The van der Waals surface area contributed by atoms with Crippen LogP contribution in [0.15, 0.2) is 12.1 Å². The average Bonchev–Trinajstić information content (AvgIpc) is 2.77. The van der Waals surface area contributed by atoms with E-state index >= 15 is 0 Å². The molecule has 1 N–H and O–H groups in total. The van der Waals surface area contributed by atoms with Gasteiger partial charge < -0.3 is 5.32 Å². The second-order valence-electron chi connectivity index (χ2n) is 5.14. The summed E-state index contributed by atoms with van der Waals surface area (Å²) in [7, 11) is 0. The molecule has 0 saturated heterocycles. The van der Waals surface area contributed by atoms with Crippen LogP contribution in [0.1, 0.15) is 51.0 Å². The Morgan fingerprint density at radius 2 is 1.82 bits per heavy atom. The van der Waals surface area contributed by atoms with Crippen LogP contribution in [0.2, 0.25) is 0 Å². The molecule has 1 aliphatic carbocycles. The molecule has 0 spiro atoms. The van der Waals surface area contributed by atoms with E-state index in [1.165, 1.54) is 18.9 Å². The van der Waals surface area contributed by atoms with Gasteiger partial charge in [0.2, 0.25) is 0 Å². The van der Waals surface area contributed by atoms with Crippen molar-refractivity contribution in [3.63, 3.8) is 0 Å². The summed E-state index contributed by atoms with van der Waals surface area (Å²) in [5, 5.41) is 3.13. The molecule has 0 heterocycles. The van der Waals surface area contributed by atoms with Crippen LogP contribution in [0, 0.1) is 11.6 Å². The zero-order valence-electron chi connectivity index (χ0n) is 10.4. The van der Waals surface area contributed by atoms with Crippen LogP contribution < -0.4 is 5.32 Å². The number of hydrogen-bond acceptors (Lipinski definition) is 1. The summed E-state index contributed by atoms with van der Waals surface area (Å²) < 4.78 is 27.1. The van der Waals surface area contributed by atoms with Gasteiger partial charge in [-0.05, 0) is 36.5 Å². The largest absolute Gasteiger partial charge is 0.380 e. The maximum atomic E-state index is 13.7. The highest BCUT2D eigenvalue weighted by molar-refractivity contribution is 5.49. The van der Waals surface area contributed by atoms with E-state index in [0.29, 0.717) is 11.7 Å². The third-order valence-electron chi connectivity index (χ3n) is 3.43. The Kier molecular flexibility index (Phi) is 3.65. The van der Waals surface area contributed by atoms with Gasteiger partial charge in [-0.15, -0.1) is 0 Å². The molecule has 0 unspecified atom stereocenters. The zero-order valence-corrected chi connectivity index (χ0v) is 10.4. The van der Waals surface area contributed by atoms with Crippen molar-refractivity contribution >= 4 is 5.69 Å². The fraction of sp³-hybridized carbons (Fsp3) is 0.571. The van der Waals surface area contributed by atoms with Crippen LogP contribution in [0.3, 0.4) is 0 Å². The smallest absolute Gasteiger partial charge is 0.181 e. The van der Waals surface area contributed by atoms with Crippen LogP contribution >= 0.6 is 0 Å². The van der Waals surface area contributed by atoms with Crippen molar-refractivity contribution in [1.29, 1.82) is 0 Å². The van der Waals surface area contributed by atoms with Gasteiger partial charge in [-0.3, -0.25) is 0 Å². The number of benzene rings is 1. The second kappa shape index (κ2) is 5.03. The lowest BCUT2D eigenvalue weighted by atomic mass is 10.0. The second-order valence-corrected chi connectivity index (χ2v) is 5.14. The van der Waals surface area contributed by atoms with E-state index in [0.717, 1.165) is 18.4 Å². The molecule has 1 fully saturated rings. The molecule has 0 bridgehead atoms. The van der Waals surface area contributed by atoms with Gasteiger partial charge >= 0.3 is 0 Å². The number of nitrogens with one attached hydrogen (secondary N) is 1. The molecule has 1 aromatic rings. The average molecular weight is 239 g/mol. The van der Waals surface area contributed by atoms with Crippen LogP contribution in [0.25, 0.3) is 0 Å². The van der Waals surface area contributed by atoms with E-state index in [1.807, 2.05) is 13.8 Å². The molecule has 1 aromatic carbocycles. The van der Waals surface area contributed by atoms with Crippen molar-refractivity contribution in [2.75, 3.05) is 5.32 Å². The standard InChI is InChI=1S/C14H19F2N/c1-9(2)10-7-12(15)14(16)13(8-10)17-11-5-3-4-6-11/h7-9,11,17H,3-6H2,1-2H3. The topological polar surface area (TPSA) is 12.0 Å². The summed E-state index contributed by atoms with van der Waals surface area (Å²) in [5.74, 6) is -1.30. The Labute approximate surface area is 101 Å². The van der Waals surface area contributed by atoms with Crippen molar-refractivity contribution in [2.24, 2.45) is 0 Å². The fourth-order valence-corrected chi connectivity index (χ4v) is 2.34. The van der Waals surface area contributed by atoms with Crippen LogP contribution in [0.5, 0.6) is 0 Å². The summed E-state index contributed by atoms with van der Waals surface area (Å²) in [6, 6.07) is 3.33. The molecule has 1 saturated carbocycles. The fourth-order valence-electron chi connectivity index (χ4n) is 2.34. The minimum absolute atomic E-state index is 0.203. The quantitative estimate of drug-likeness (QED) is 0.822. The third kappa shape index (κ3) is 2.76. The highest BCUT2D eigenvalue weighted by atomic mass is 19.2. The third-order valence-corrected chi connectivity index (χ3v) is 3.43. The van der Waals surface area contributed by atoms with Gasteiger partial charge in [-0.2, -0.15) is 0 Å². The Morgan fingerprint density at radius 1 is 1.18 bits per heavy atom. The van der Waals surface area contributed by atoms with Crippen LogP contribution in [-0.4, -0.2) is 6.04 Å².